The quantitative estimate of drug-likeness (QED) is 0.290. The van der Waals surface area contributed by atoms with Crippen molar-refractivity contribution in [3.63, 3.8) is 0 Å². The Bertz CT molecular complexity index is 1490. The van der Waals surface area contributed by atoms with Crippen LogP contribution in [-0.4, -0.2) is 56.1 Å². The molecule has 1 aromatic carbocycles. The third kappa shape index (κ3) is 4.93. The number of likely N-dealkylation sites (tertiary alicyclic amines) is 1. The Hall–Kier alpha value is -4.34. The molecule has 0 saturated carbocycles. The third-order valence-electron chi connectivity index (χ3n) is 6.90. The fourth-order valence-electron chi connectivity index (χ4n) is 4.77. The van der Waals surface area contributed by atoms with Crippen LogP contribution in [0, 0.1) is 19.8 Å². The topological polar surface area (TPSA) is 102 Å². The number of halogens is 1. The maximum Gasteiger partial charge on any atom is 0.343 e. The van der Waals surface area contributed by atoms with Crippen LogP contribution in [0.1, 0.15) is 63.1 Å². The average Bonchev–Trinajstić information content (AvgIpc) is 3.36. The molecule has 0 aliphatic carbocycles. The van der Waals surface area contributed by atoms with E-state index in [-0.39, 0.29) is 24.0 Å². The van der Waals surface area contributed by atoms with E-state index in [4.69, 9.17) is 4.74 Å². The number of rotatable bonds is 6. The van der Waals surface area contributed by atoms with Crippen molar-refractivity contribution in [2.75, 3.05) is 25.0 Å². The molecule has 1 aliphatic rings. The number of nitrogens with one attached hydrogen (secondary N) is 1. The lowest BCUT2D eigenvalue weighted by atomic mass is 9.90. The summed E-state index contributed by atoms with van der Waals surface area (Å²) < 4.78 is 19.9. The largest absolute Gasteiger partial charge is 0.462 e. The standard InChI is InChI=1S/C28H29FN6O3/c1-4-38-28(37)22-16-32-35-25(22)31-15-21(26(35)33-23-13-17(2)5-6-18(23)3)27(36)34-11-9-19(10-12-34)20-7-8-24(29)30-14-20/h5-8,13-16,19,33H,4,9-12H2,1-3H3. The number of pyridine rings is 1. The van der Waals surface area contributed by atoms with Gasteiger partial charge in [-0.1, -0.05) is 18.2 Å². The van der Waals surface area contributed by atoms with E-state index in [1.165, 1.54) is 23.0 Å². The van der Waals surface area contributed by atoms with Gasteiger partial charge in [-0.25, -0.2) is 14.8 Å². The molecule has 1 fully saturated rings. The van der Waals surface area contributed by atoms with Crippen LogP contribution in [-0.2, 0) is 4.74 Å². The van der Waals surface area contributed by atoms with Crippen LogP contribution in [0.2, 0.25) is 0 Å². The molecule has 5 rings (SSSR count). The highest BCUT2D eigenvalue weighted by atomic mass is 19.1. The fourth-order valence-corrected chi connectivity index (χ4v) is 4.77. The van der Waals surface area contributed by atoms with E-state index >= 15 is 0 Å². The molecule has 196 valence electrons. The Balaban J connectivity index is 1.48. The predicted octanol–water partition coefficient (Wildman–Crippen LogP) is 4.82. The van der Waals surface area contributed by atoms with Crippen LogP contribution in [0.25, 0.3) is 5.65 Å². The van der Waals surface area contributed by atoms with Gasteiger partial charge in [0.15, 0.2) is 5.65 Å². The number of piperidine rings is 1. The van der Waals surface area contributed by atoms with Gasteiger partial charge in [0.1, 0.15) is 16.9 Å². The van der Waals surface area contributed by atoms with Crippen molar-refractivity contribution in [3.8, 4) is 0 Å². The molecule has 9 nitrogen and oxygen atoms in total. The van der Waals surface area contributed by atoms with E-state index in [0.29, 0.717) is 30.1 Å². The summed E-state index contributed by atoms with van der Waals surface area (Å²) in [5, 5.41) is 7.79. The molecule has 1 N–H and O–H groups in total. The highest BCUT2D eigenvalue weighted by Gasteiger charge is 2.29. The molecule has 0 spiro atoms. The van der Waals surface area contributed by atoms with E-state index in [9.17, 15) is 14.0 Å². The Morgan fingerprint density at radius 2 is 1.84 bits per heavy atom. The molecule has 0 radical (unpaired) electrons. The first kappa shape index (κ1) is 25.3. The summed E-state index contributed by atoms with van der Waals surface area (Å²) in [6, 6.07) is 9.14. The van der Waals surface area contributed by atoms with Gasteiger partial charge in [-0.3, -0.25) is 4.79 Å². The summed E-state index contributed by atoms with van der Waals surface area (Å²) in [5.41, 5.74) is 4.72. The number of amides is 1. The molecule has 38 heavy (non-hydrogen) atoms. The molecule has 4 aromatic rings. The van der Waals surface area contributed by atoms with Gasteiger partial charge in [-0.05, 0) is 68.4 Å². The number of benzene rings is 1. The summed E-state index contributed by atoms with van der Waals surface area (Å²) in [5.74, 6) is -0.578. The molecule has 3 aromatic heterocycles. The summed E-state index contributed by atoms with van der Waals surface area (Å²) in [6.07, 6.45) is 5.95. The first-order valence-electron chi connectivity index (χ1n) is 12.6. The lowest BCUT2D eigenvalue weighted by molar-refractivity contribution is 0.0528. The van der Waals surface area contributed by atoms with Gasteiger partial charge >= 0.3 is 5.97 Å². The van der Waals surface area contributed by atoms with Gasteiger partial charge in [0, 0.05) is 31.2 Å². The lowest BCUT2D eigenvalue weighted by Crippen LogP contribution is -2.38. The van der Waals surface area contributed by atoms with Crippen molar-refractivity contribution < 1.29 is 18.7 Å². The summed E-state index contributed by atoms with van der Waals surface area (Å²) in [6.45, 7) is 7.00. The second-order valence-electron chi connectivity index (χ2n) is 9.46. The minimum Gasteiger partial charge on any atom is -0.462 e. The van der Waals surface area contributed by atoms with E-state index in [0.717, 1.165) is 35.2 Å². The number of ether oxygens (including phenoxy) is 1. The first-order valence-corrected chi connectivity index (χ1v) is 12.6. The lowest BCUT2D eigenvalue weighted by Gasteiger charge is -2.32. The number of anilines is 2. The zero-order chi connectivity index (χ0) is 26.8. The van der Waals surface area contributed by atoms with Gasteiger partial charge < -0.3 is 15.0 Å². The van der Waals surface area contributed by atoms with Crippen LogP contribution in [0.4, 0.5) is 15.9 Å². The van der Waals surface area contributed by atoms with Crippen molar-refractivity contribution in [2.24, 2.45) is 0 Å². The summed E-state index contributed by atoms with van der Waals surface area (Å²) in [4.78, 5) is 36.3. The maximum absolute atomic E-state index is 13.8. The number of carbonyl (C=O) groups is 2. The Kier molecular flexibility index (Phi) is 7.04. The van der Waals surface area contributed by atoms with Crippen LogP contribution in [0.5, 0.6) is 0 Å². The highest BCUT2D eigenvalue weighted by molar-refractivity contribution is 6.01. The number of esters is 1. The molecule has 0 unspecified atom stereocenters. The van der Waals surface area contributed by atoms with Crippen molar-refractivity contribution in [2.45, 2.75) is 39.5 Å². The van der Waals surface area contributed by atoms with E-state index in [2.05, 4.69) is 20.4 Å². The van der Waals surface area contributed by atoms with Gasteiger partial charge in [-0.2, -0.15) is 14.0 Å². The zero-order valence-corrected chi connectivity index (χ0v) is 21.6. The third-order valence-corrected chi connectivity index (χ3v) is 6.90. The van der Waals surface area contributed by atoms with Gasteiger partial charge in [0.25, 0.3) is 5.91 Å². The Morgan fingerprint density at radius 3 is 2.55 bits per heavy atom. The van der Waals surface area contributed by atoms with Crippen molar-refractivity contribution in [3.05, 3.63) is 82.7 Å². The minimum atomic E-state index is -0.524. The number of hydrogen-bond donors (Lipinski definition) is 1. The predicted molar refractivity (Wildman–Crippen MR) is 140 cm³/mol. The average molecular weight is 517 g/mol. The normalized spacial score (nSPS) is 14.1. The number of carbonyl (C=O) groups excluding carboxylic acids is 2. The van der Waals surface area contributed by atoms with Crippen molar-refractivity contribution in [1.82, 2.24) is 24.5 Å². The van der Waals surface area contributed by atoms with Crippen LogP contribution >= 0.6 is 0 Å². The summed E-state index contributed by atoms with van der Waals surface area (Å²) in [7, 11) is 0. The zero-order valence-electron chi connectivity index (χ0n) is 21.6. The SMILES string of the molecule is CCOC(=O)c1cnn2c(Nc3cc(C)ccc3C)c(C(=O)N3CCC(c4ccc(F)nc4)CC3)cnc12. The fraction of sp³-hybridized carbons (Fsp3) is 0.321. The summed E-state index contributed by atoms with van der Waals surface area (Å²) >= 11 is 0. The molecule has 0 bridgehead atoms. The number of hydrogen-bond acceptors (Lipinski definition) is 7. The smallest absolute Gasteiger partial charge is 0.343 e. The second-order valence-corrected chi connectivity index (χ2v) is 9.46. The maximum atomic E-state index is 13.8. The van der Waals surface area contributed by atoms with Gasteiger partial charge in [0.05, 0.1) is 12.8 Å². The van der Waals surface area contributed by atoms with Gasteiger partial charge in [0.2, 0.25) is 5.95 Å². The monoisotopic (exact) mass is 516 g/mol. The molecule has 1 saturated heterocycles. The minimum absolute atomic E-state index is 0.184. The van der Waals surface area contributed by atoms with Crippen molar-refractivity contribution in [1.29, 1.82) is 0 Å². The number of fused-ring (bicyclic) bond motifs is 1. The van der Waals surface area contributed by atoms with Crippen molar-refractivity contribution >= 4 is 29.0 Å². The molecule has 4 heterocycles. The second kappa shape index (κ2) is 10.6. The molecule has 0 atom stereocenters. The van der Waals surface area contributed by atoms with E-state index < -0.39 is 11.9 Å². The molecule has 1 aliphatic heterocycles. The van der Waals surface area contributed by atoms with E-state index in [1.54, 1.807) is 24.1 Å². The highest BCUT2D eigenvalue weighted by Crippen LogP contribution is 2.31. The van der Waals surface area contributed by atoms with Crippen LogP contribution in [0.3, 0.4) is 0 Å². The van der Waals surface area contributed by atoms with E-state index in [1.807, 2.05) is 32.0 Å². The van der Waals surface area contributed by atoms with Gasteiger partial charge in [-0.15, -0.1) is 0 Å². The number of aryl methyl sites for hydroxylation is 2. The van der Waals surface area contributed by atoms with Crippen LogP contribution in [0.15, 0.2) is 48.9 Å². The Labute approximate surface area is 219 Å². The Morgan fingerprint density at radius 1 is 1.05 bits per heavy atom. The van der Waals surface area contributed by atoms with Crippen LogP contribution < -0.4 is 5.32 Å². The molecule has 10 heteroatoms. The molecular weight excluding hydrogens is 487 g/mol. The number of nitrogens with zero attached hydrogens (tertiary/aromatic N) is 5. The number of aromatic nitrogens is 4. The molecule has 1 amide bonds. The molecular formula is C28H29FN6O3. The first-order chi connectivity index (χ1) is 18.4.